The van der Waals surface area contributed by atoms with Gasteiger partial charge in [0.15, 0.2) is 0 Å². The Balaban J connectivity index is 2.09. The molecule has 0 aliphatic heterocycles. The fourth-order valence-electron chi connectivity index (χ4n) is 1.60. The van der Waals surface area contributed by atoms with Gasteiger partial charge in [-0.15, -0.1) is 0 Å². The molecular formula is C8H17NO. The Bertz CT molecular complexity index is 83.3. The summed E-state index contributed by atoms with van der Waals surface area (Å²) in [5, 5.41) is 3.20. The van der Waals surface area contributed by atoms with Crippen LogP contribution in [0.25, 0.3) is 0 Å². The van der Waals surface area contributed by atoms with Crippen molar-refractivity contribution < 1.29 is 4.74 Å². The van der Waals surface area contributed by atoms with Crippen molar-refractivity contribution in [2.45, 2.75) is 12.8 Å². The summed E-state index contributed by atoms with van der Waals surface area (Å²) < 4.78 is 5.09. The van der Waals surface area contributed by atoms with Gasteiger partial charge in [-0.05, 0) is 38.3 Å². The Kier molecular flexibility index (Phi) is 3.16. The molecule has 0 aromatic carbocycles. The van der Waals surface area contributed by atoms with E-state index in [0.29, 0.717) is 0 Å². The lowest BCUT2D eigenvalue weighted by molar-refractivity contribution is 0.0606. The Morgan fingerprint density at radius 2 is 2.10 bits per heavy atom. The minimum atomic E-state index is 0.831. The zero-order valence-electron chi connectivity index (χ0n) is 6.89. The van der Waals surface area contributed by atoms with Crippen molar-refractivity contribution in [3.8, 4) is 0 Å². The van der Waals surface area contributed by atoms with Gasteiger partial charge in [-0.2, -0.15) is 0 Å². The van der Waals surface area contributed by atoms with Crippen LogP contribution in [0.2, 0.25) is 0 Å². The van der Waals surface area contributed by atoms with E-state index in [2.05, 4.69) is 5.32 Å². The molecule has 1 aliphatic carbocycles. The van der Waals surface area contributed by atoms with E-state index in [1.165, 1.54) is 12.8 Å². The van der Waals surface area contributed by atoms with E-state index >= 15 is 0 Å². The van der Waals surface area contributed by atoms with E-state index in [-0.39, 0.29) is 0 Å². The summed E-state index contributed by atoms with van der Waals surface area (Å²) in [4.78, 5) is 0. The molecule has 2 heteroatoms. The first-order valence-corrected chi connectivity index (χ1v) is 4.02. The monoisotopic (exact) mass is 143 g/mol. The zero-order chi connectivity index (χ0) is 7.40. The molecule has 0 spiro atoms. The molecule has 1 saturated carbocycles. The molecule has 0 radical (unpaired) electrons. The smallest absolute Gasteiger partial charge is 0.0493 e. The van der Waals surface area contributed by atoms with E-state index in [1.807, 2.05) is 7.05 Å². The maximum atomic E-state index is 5.09. The molecule has 60 valence electrons. The highest BCUT2D eigenvalue weighted by Crippen LogP contribution is 2.33. The summed E-state index contributed by atoms with van der Waals surface area (Å²) in [6, 6.07) is 0. The largest absolute Gasteiger partial charge is 0.384 e. The fraction of sp³-hybridized carbons (Fsp3) is 1.00. The standard InChI is InChI=1S/C8H17NO/c1-9-5-7-3-4-8(7)6-10-2/h7-9H,3-6H2,1-2H3/t7-,8+/m1/s1. The van der Waals surface area contributed by atoms with Crippen LogP contribution in [0.1, 0.15) is 12.8 Å². The minimum Gasteiger partial charge on any atom is -0.384 e. The van der Waals surface area contributed by atoms with Gasteiger partial charge in [-0.1, -0.05) is 0 Å². The highest BCUT2D eigenvalue weighted by molar-refractivity contribution is 4.81. The second-order valence-corrected chi connectivity index (χ2v) is 3.11. The van der Waals surface area contributed by atoms with Gasteiger partial charge < -0.3 is 10.1 Å². The van der Waals surface area contributed by atoms with Gasteiger partial charge in [-0.25, -0.2) is 0 Å². The molecule has 0 bridgehead atoms. The number of ether oxygens (including phenoxy) is 1. The normalized spacial score (nSPS) is 31.8. The summed E-state index contributed by atoms with van der Waals surface area (Å²) in [7, 11) is 3.80. The number of methoxy groups -OCH3 is 1. The van der Waals surface area contributed by atoms with Crippen molar-refractivity contribution >= 4 is 0 Å². The highest BCUT2D eigenvalue weighted by atomic mass is 16.5. The summed E-state index contributed by atoms with van der Waals surface area (Å²) in [6.07, 6.45) is 2.75. The molecule has 2 atom stereocenters. The second-order valence-electron chi connectivity index (χ2n) is 3.11. The maximum absolute atomic E-state index is 5.09. The Hall–Kier alpha value is -0.0800. The van der Waals surface area contributed by atoms with Crippen LogP contribution in [0.3, 0.4) is 0 Å². The summed E-state index contributed by atoms with van der Waals surface area (Å²) in [5.74, 6) is 1.71. The first kappa shape index (κ1) is 8.02. The predicted molar refractivity (Wildman–Crippen MR) is 42.0 cm³/mol. The van der Waals surface area contributed by atoms with Crippen molar-refractivity contribution in [3.63, 3.8) is 0 Å². The lowest BCUT2D eigenvalue weighted by atomic mass is 9.74. The number of rotatable bonds is 4. The van der Waals surface area contributed by atoms with Gasteiger partial charge in [0.2, 0.25) is 0 Å². The molecule has 0 aromatic heterocycles. The van der Waals surface area contributed by atoms with Gasteiger partial charge in [0.25, 0.3) is 0 Å². The first-order valence-electron chi connectivity index (χ1n) is 4.02. The van der Waals surface area contributed by atoms with E-state index in [1.54, 1.807) is 7.11 Å². The molecular weight excluding hydrogens is 126 g/mol. The third-order valence-corrected chi connectivity index (χ3v) is 2.42. The number of nitrogens with one attached hydrogen (secondary N) is 1. The zero-order valence-corrected chi connectivity index (χ0v) is 6.89. The van der Waals surface area contributed by atoms with Crippen LogP contribution in [0.5, 0.6) is 0 Å². The molecule has 1 fully saturated rings. The molecule has 2 nitrogen and oxygen atoms in total. The molecule has 10 heavy (non-hydrogen) atoms. The van der Waals surface area contributed by atoms with Crippen LogP contribution in [0.15, 0.2) is 0 Å². The van der Waals surface area contributed by atoms with Crippen molar-refractivity contribution in [1.82, 2.24) is 5.32 Å². The molecule has 1 rings (SSSR count). The maximum Gasteiger partial charge on any atom is 0.0493 e. The highest BCUT2D eigenvalue weighted by Gasteiger charge is 2.29. The molecule has 0 aromatic rings. The average Bonchev–Trinajstić information content (AvgIpc) is 1.93. The summed E-state index contributed by atoms with van der Waals surface area (Å²) in [5.41, 5.74) is 0. The van der Waals surface area contributed by atoms with Crippen LogP contribution in [0.4, 0.5) is 0 Å². The lowest BCUT2D eigenvalue weighted by Gasteiger charge is -2.35. The summed E-state index contributed by atoms with van der Waals surface area (Å²) >= 11 is 0. The number of hydrogen-bond acceptors (Lipinski definition) is 2. The van der Waals surface area contributed by atoms with Crippen LogP contribution in [-0.2, 0) is 4.74 Å². The van der Waals surface area contributed by atoms with Gasteiger partial charge in [0, 0.05) is 13.7 Å². The van der Waals surface area contributed by atoms with Crippen LogP contribution >= 0.6 is 0 Å². The third kappa shape index (κ3) is 1.70. The van der Waals surface area contributed by atoms with Gasteiger partial charge in [-0.3, -0.25) is 0 Å². The van der Waals surface area contributed by atoms with E-state index < -0.39 is 0 Å². The topological polar surface area (TPSA) is 21.3 Å². The predicted octanol–water partition coefficient (Wildman–Crippen LogP) is 0.878. The molecule has 0 saturated heterocycles. The Morgan fingerprint density at radius 1 is 1.40 bits per heavy atom. The van der Waals surface area contributed by atoms with Gasteiger partial charge >= 0.3 is 0 Å². The van der Waals surface area contributed by atoms with E-state index in [4.69, 9.17) is 4.74 Å². The van der Waals surface area contributed by atoms with Crippen molar-refractivity contribution in [3.05, 3.63) is 0 Å². The molecule has 0 unspecified atom stereocenters. The van der Waals surface area contributed by atoms with Crippen molar-refractivity contribution in [2.75, 3.05) is 27.3 Å². The molecule has 1 aliphatic rings. The van der Waals surface area contributed by atoms with E-state index in [0.717, 1.165) is 25.0 Å². The van der Waals surface area contributed by atoms with Crippen LogP contribution in [-0.4, -0.2) is 27.3 Å². The first-order chi connectivity index (χ1) is 4.88. The quantitative estimate of drug-likeness (QED) is 0.630. The van der Waals surface area contributed by atoms with Crippen molar-refractivity contribution in [1.29, 1.82) is 0 Å². The summed E-state index contributed by atoms with van der Waals surface area (Å²) in [6.45, 7) is 2.11. The van der Waals surface area contributed by atoms with Gasteiger partial charge in [0.05, 0.1) is 0 Å². The molecule has 0 amide bonds. The average molecular weight is 143 g/mol. The Labute approximate surface area is 63.0 Å². The third-order valence-electron chi connectivity index (χ3n) is 2.42. The molecule has 0 heterocycles. The number of hydrogen-bond donors (Lipinski definition) is 1. The minimum absolute atomic E-state index is 0.831. The Morgan fingerprint density at radius 3 is 2.50 bits per heavy atom. The van der Waals surface area contributed by atoms with Gasteiger partial charge in [0.1, 0.15) is 0 Å². The second kappa shape index (κ2) is 3.94. The molecule has 1 N–H and O–H groups in total. The fourth-order valence-corrected chi connectivity index (χ4v) is 1.60. The van der Waals surface area contributed by atoms with Crippen LogP contribution < -0.4 is 5.32 Å². The van der Waals surface area contributed by atoms with E-state index in [9.17, 15) is 0 Å². The SMILES string of the molecule is CNC[C@H]1CC[C@H]1COC. The lowest BCUT2D eigenvalue weighted by Crippen LogP contribution is -2.36. The van der Waals surface area contributed by atoms with Crippen molar-refractivity contribution in [2.24, 2.45) is 11.8 Å². The van der Waals surface area contributed by atoms with Crippen LogP contribution in [0, 0.1) is 11.8 Å².